The molecule has 0 aliphatic carbocycles. The molecule has 1 aromatic rings. The molecule has 2 heterocycles. The molecule has 0 aromatic carbocycles. The number of nitrogens with zero attached hydrogens (tertiary/aromatic N) is 3. The third kappa shape index (κ3) is 3.32. The average Bonchev–Trinajstić information content (AvgIpc) is 2.76. The first-order valence-corrected chi connectivity index (χ1v) is 6.62. The number of carbonyl (C=O) groups is 1. The fourth-order valence-corrected chi connectivity index (χ4v) is 2.45. The van der Waals surface area contributed by atoms with Crippen LogP contribution in [0, 0.1) is 0 Å². The van der Waals surface area contributed by atoms with Gasteiger partial charge in [-0.25, -0.2) is 0 Å². The summed E-state index contributed by atoms with van der Waals surface area (Å²) in [6, 6.07) is 2.61. The normalized spacial score (nSPS) is 17.1. The Morgan fingerprint density at radius 3 is 2.78 bits per heavy atom. The zero-order chi connectivity index (χ0) is 13.0. The maximum absolute atomic E-state index is 11.2. The Bertz CT molecular complexity index is 393. The number of hydrogen-bond donors (Lipinski definition) is 1. The van der Waals surface area contributed by atoms with Crippen molar-refractivity contribution < 1.29 is 4.79 Å². The third-order valence-corrected chi connectivity index (χ3v) is 3.68. The van der Waals surface area contributed by atoms with E-state index in [1.165, 1.54) is 5.69 Å². The van der Waals surface area contributed by atoms with E-state index < -0.39 is 0 Å². The van der Waals surface area contributed by atoms with Crippen LogP contribution >= 0.6 is 0 Å². The molecule has 1 aliphatic rings. The van der Waals surface area contributed by atoms with E-state index >= 15 is 0 Å². The van der Waals surface area contributed by atoms with E-state index in [4.69, 9.17) is 0 Å². The van der Waals surface area contributed by atoms with Crippen LogP contribution in [0.5, 0.6) is 0 Å². The lowest BCUT2D eigenvalue weighted by molar-refractivity contribution is -0.129. The molecule has 0 radical (unpaired) electrons. The molecule has 18 heavy (non-hydrogen) atoms. The van der Waals surface area contributed by atoms with Crippen molar-refractivity contribution >= 4 is 5.91 Å². The predicted molar refractivity (Wildman–Crippen MR) is 70.2 cm³/mol. The minimum atomic E-state index is 0.198. The second-order valence-electron chi connectivity index (χ2n) is 4.93. The van der Waals surface area contributed by atoms with Crippen LogP contribution in [0.4, 0.5) is 0 Å². The first-order chi connectivity index (χ1) is 8.66. The predicted octanol–water partition coefficient (Wildman–Crippen LogP) is 0.563. The highest BCUT2D eigenvalue weighted by molar-refractivity contribution is 5.73. The summed E-state index contributed by atoms with van der Waals surface area (Å²) in [5, 5.41) is 7.72. The molecule has 0 spiro atoms. The van der Waals surface area contributed by atoms with Crippen molar-refractivity contribution in [2.24, 2.45) is 7.05 Å². The van der Waals surface area contributed by atoms with Gasteiger partial charge in [-0.2, -0.15) is 5.10 Å². The minimum Gasteiger partial charge on any atom is -0.343 e. The van der Waals surface area contributed by atoms with E-state index in [9.17, 15) is 4.79 Å². The van der Waals surface area contributed by atoms with E-state index in [0.29, 0.717) is 6.04 Å². The van der Waals surface area contributed by atoms with Crippen molar-refractivity contribution in [1.82, 2.24) is 20.0 Å². The van der Waals surface area contributed by atoms with Crippen LogP contribution in [0.3, 0.4) is 0 Å². The van der Waals surface area contributed by atoms with Gasteiger partial charge in [0, 0.05) is 58.0 Å². The van der Waals surface area contributed by atoms with Gasteiger partial charge in [0.15, 0.2) is 0 Å². The van der Waals surface area contributed by atoms with Crippen LogP contribution in [-0.4, -0.2) is 46.3 Å². The molecule has 100 valence electrons. The summed E-state index contributed by atoms with van der Waals surface area (Å²) in [6.45, 7) is 4.40. The second-order valence-corrected chi connectivity index (χ2v) is 4.93. The van der Waals surface area contributed by atoms with E-state index in [1.54, 1.807) is 6.92 Å². The highest BCUT2D eigenvalue weighted by atomic mass is 16.2. The van der Waals surface area contributed by atoms with Crippen molar-refractivity contribution in [3.8, 4) is 0 Å². The van der Waals surface area contributed by atoms with Gasteiger partial charge in [-0.3, -0.25) is 9.48 Å². The van der Waals surface area contributed by atoms with Crippen molar-refractivity contribution in [3.63, 3.8) is 0 Å². The summed E-state index contributed by atoms with van der Waals surface area (Å²) < 4.78 is 1.92. The second kappa shape index (κ2) is 6.00. The van der Waals surface area contributed by atoms with Gasteiger partial charge >= 0.3 is 0 Å². The lowest BCUT2D eigenvalue weighted by Crippen LogP contribution is -2.44. The molecule has 5 heteroatoms. The number of amides is 1. The highest BCUT2D eigenvalue weighted by Crippen LogP contribution is 2.10. The number of carbonyl (C=O) groups excluding carboxylic acids is 1. The number of aromatic nitrogens is 2. The molecule has 1 amide bonds. The van der Waals surface area contributed by atoms with E-state index in [0.717, 1.165) is 38.9 Å². The molecular formula is C13H22N4O. The van der Waals surface area contributed by atoms with Gasteiger partial charge in [0.1, 0.15) is 0 Å². The van der Waals surface area contributed by atoms with Crippen LogP contribution in [0.15, 0.2) is 12.3 Å². The van der Waals surface area contributed by atoms with Crippen molar-refractivity contribution in [1.29, 1.82) is 0 Å². The molecule has 5 nitrogen and oxygen atoms in total. The first-order valence-electron chi connectivity index (χ1n) is 6.62. The molecule has 1 aromatic heterocycles. The Balaban J connectivity index is 1.67. The molecular weight excluding hydrogens is 228 g/mol. The van der Waals surface area contributed by atoms with Crippen molar-refractivity contribution in [2.75, 3.05) is 19.6 Å². The van der Waals surface area contributed by atoms with E-state index in [2.05, 4.69) is 16.5 Å². The maximum Gasteiger partial charge on any atom is 0.219 e. The SMILES string of the molecule is CC(=O)N1CCC(NCCc2ccnn2C)CC1. The number of rotatable bonds is 4. The summed E-state index contributed by atoms with van der Waals surface area (Å²) in [6.07, 6.45) is 4.96. The van der Waals surface area contributed by atoms with Gasteiger partial charge in [0.25, 0.3) is 0 Å². The number of aryl methyl sites for hydroxylation is 1. The molecule has 0 unspecified atom stereocenters. The topological polar surface area (TPSA) is 50.2 Å². The van der Waals surface area contributed by atoms with E-state index in [-0.39, 0.29) is 5.91 Å². The van der Waals surface area contributed by atoms with Gasteiger partial charge in [0.05, 0.1) is 0 Å². The molecule has 2 rings (SSSR count). The van der Waals surface area contributed by atoms with Crippen LogP contribution in [0.25, 0.3) is 0 Å². The molecule has 1 saturated heterocycles. The Morgan fingerprint density at radius 1 is 1.50 bits per heavy atom. The lowest BCUT2D eigenvalue weighted by atomic mass is 10.0. The number of likely N-dealkylation sites (tertiary alicyclic amines) is 1. The number of piperidine rings is 1. The van der Waals surface area contributed by atoms with Gasteiger partial charge in [0.2, 0.25) is 5.91 Å². The summed E-state index contributed by atoms with van der Waals surface area (Å²) >= 11 is 0. The third-order valence-electron chi connectivity index (χ3n) is 3.68. The van der Waals surface area contributed by atoms with Gasteiger partial charge in [-0.15, -0.1) is 0 Å². The quantitative estimate of drug-likeness (QED) is 0.849. The van der Waals surface area contributed by atoms with E-state index in [1.807, 2.05) is 22.8 Å². The van der Waals surface area contributed by atoms with Crippen molar-refractivity contribution in [2.45, 2.75) is 32.2 Å². The molecule has 0 bridgehead atoms. The van der Waals surface area contributed by atoms with Gasteiger partial charge < -0.3 is 10.2 Å². The molecule has 1 aliphatic heterocycles. The average molecular weight is 250 g/mol. The minimum absolute atomic E-state index is 0.198. The monoisotopic (exact) mass is 250 g/mol. The van der Waals surface area contributed by atoms with Gasteiger partial charge in [-0.1, -0.05) is 0 Å². The fourth-order valence-electron chi connectivity index (χ4n) is 2.45. The Labute approximate surface area is 108 Å². The van der Waals surface area contributed by atoms with Crippen LogP contribution in [-0.2, 0) is 18.3 Å². The molecule has 1 N–H and O–H groups in total. The zero-order valence-electron chi connectivity index (χ0n) is 11.2. The lowest BCUT2D eigenvalue weighted by Gasteiger charge is -2.31. The smallest absolute Gasteiger partial charge is 0.219 e. The Morgan fingerprint density at radius 2 is 2.22 bits per heavy atom. The molecule has 1 fully saturated rings. The van der Waals surface area contributed by atoms with Crippen LogP contribution < -0.4 is 5.32 Å². The summed E-state index contributed by atoms with van der Waals surface area (Å²) in [4.78, 5) is 13.1. The summed E-state index contributed by atoms with van der Waals surface area (Å²) in [7, 11) is 1.97. The summed E-state index contributed by atoms with van der Waals surface area (Å²) in [5.74, 6) is 0.198. The maximum atomic E-state index is 11.2. The molecule has 0 atom stereocenters. The van der Waals surface area contributed by atoms with Crippen molar-refractivity contribution in [3.05, 3.63) is 18.0 Å². The zero-order valence-corrected chi connectivity index (χ0v) is 11.2. The largest absolute Gasteiger partial charge is 0.343 e. The molecule has 0 saturated carbocycles. The Hall–Kier alpha value is -1.36. The Kier molecular flexibility index (Phi) is 4.36. The highest BCUT2D eigenvalue weighted by Gasteiger charge is 2.19. The van der Waals surface area contributed by atoms with Crippen LogP contribution in [0.2, 0.25) is 0 Å². The number of nitrogens with one attached hydrogen (secondary N) is 1. The van der Waals surface area contributed by atoms with Gasteiger partial charge in [-0.05, 0) is 18.9 Å². The fraction of sp³-hybridized carbons (Fsp3) is 0.692. The first kappa shape index (κ1) is 13.1. The summed E-state index contributed by atoms with van der Waals surface area (Å²) in [5.41, 5.74) is 1.25. The van der Waals surface area contributed by atoms with Crippen LogP contribution in [0.1, 0.15) is 25.5 Å². The number of hydrogen-bond acceptors (Lipinski definition) is 3. The standard InChI is InChI=1S/C13H22N4O/c1-11(18)17-9-5-12(6-10-17)14-7-3-13-4-8-15-16(13)2/h4,8,12,14H,3,5-7,9-10H2,1-2H3.